The predicted molar refractivity (Wildman–Crippen MR) is 48.2 cm³/mol. The van der Waals surface area contributed by atoms with Crippen LogP contribution < -0.4 is 0 Å². The SMILES string of the molecule is CN1CCS[Si]SCC1. The van der Waals surface area contributed by atoms with Gasteiger partial charge in [0, 0.05) is 24.6 Å². The second-order valence-electron chi connectivity index (χ2n) is 2.08. The normalized spacial score (nSPS) is 25.0. The Kier molecular flexibility index (Phi) is 4.13. The van der Waals surface area contributed by atoms with E-state index in [9.17, 15) is 0 Å². The minimum absolute atomic E-state index is 1.09. The van der Waals surface area contributed by atoms with E-state index in [1.54, 1.807) is 0 Å². The molecule has 0 spiro atoms. The molecule has 0 saturated carbocycles. The van der Waals surface area contributed by atoms with Crippen LogP contribution >= 0.6 is 22.4 Å². The van der Waals surface area contributed by atoms with Crippen LogP contribution in [0.25, 0.3) is 0 Å². The van der Waals surface area contributed by atoms with Crippen molar-refractivity contribution in [1.82, 2.24) is 4.90 Å². The first-order valence-corrected chi connectivity index (χ1v) is 7.49. The highest BCUT2D eigenvalue weighted by molar-refractivity contribution is 8.50. The van der Waals surface area contributed by atoms with Crippen LogP contribution in [-0.4, -0.2) is 44.4 Å². The summed E-state index contributed by atoms with van der Waals surface area (Å²) in [6.07, 6.45) is 0. The van der Waals surface area contributed by atoms with Crippen molar-refractivity contribution in [3.8, 4) is 0 Å². The average molecular weight is 177 g/mol. The Morgan fingerprint density at radius 2 is 1.78 bits per heavy atom. The maximum atomic E-state index is 2.41. The first kappa shape index (κ1) is 7.98. The molecule has 0 N–H and O–H groups in total. The second kappa shape index (κ2) is 4.66. The van der Waals surface area contributed by atoms with Crippen molar-refractivity contribution in [2.45, 2.75) is 0 Å². The molecule has 1 aliphatic rings. The summed E-state index contributed by atoms with van der Waals surface area (Å²) in [5.74, 6) is 2.64. The van der Waals surface area contributed by atoms with Crippen LogP contribution in [0.1, 0.15) is 0 Å². The first-order chi connectivity index (χ1) is 4.39. The van der Waals surface area contributed by atoms with Crippen LogP contribution in [0.2, 0.25) is 0 Å². The second-order valence-corrected chi connectivity index (χ2v) is 7.38. The molecule has 4 heteroatoms. The van der Waals surface area contributed by atoms with Gasteiger partial charge in [0.15, 0.2) is 0 Å². The molecule has 0 unspecified atom stereocenters. The van der Waals surface area contributed by atoms with E-state index >= 15 is 0 Å². The molecule has 0 atom stereocenters. The molecule has 1 nitrogen and oxygen atoms in total. The molecule has 1 saturated heterocycles. The van der Waals surface area contributed by atoms with E-state index in [0.29, 0.717) is 0 Å². The Hall–Kier alpha value is 0.877. The van der Waals surface area contributed by atoms with Crippen molar-refractivity contribution in [2.75, 3.05) is 31.6 Å². The molecule has 9 heavy (non-hydrogen) atoms. The smallest absolute Gasteiger partial charge is 0.201 e. The lowest BCUT2D eigenvalue weighted by Crippen LogP contribution is -2.25. The molecule has 0 bridgehead atoms. The number of rotatable bonds is 0. The largest absolute Gasteiger partial charge is 0.305 e. The Morgan fingerprint density at radius 3 is 2.33 bits per heavy atom. The van der Waals surface area contributed by atoms with E-state index in [4.69, 9.17) is 0 Å². The molecule has 52 valence electrons. The molecule has 1 heterocycles. The zero-order valence-electron chi connectivity index (χ0n) is 5.59. The first-order valence-electron chi connectivity index (χ1n) is 3.07. The zero-order valence-corrected chi connectivity index (χ0v) is 8.23. The van der Waals surface area contributed by atoms with Crippen LogP contribution in [0.15, 0.2) is 0 Å². The zero-order chi connectivity index (χ0) is 6.53. The molecule has 0 aromatic heterocycles. The van der Waals surface area contributed by atoms with Crippen molar-refractivity contribution < 1.29 is 0 Å². The van der Waals surface area contributed by atoms with Gasteiger partial charge in [-0.2, -0.15) is 22.4 Å². The lowest BCUT2D eigenvalue weighted by atomic mass is 10.6. The lowest BCUT2D eigenvalue weighted by Gasteiger charge is -2.17. The van der Waals surface area contributed by atoms with Crippen LogP contribution in [0.4, 0.5) is 0 Å². The van der Waals surface area contributed by atoms with E-state index in [1.165, 1.54) is 24.6 Å². The van der Waals surface area contributed by atoms with Crippen LogP contribution in [-0.2, 0) is 0 Å². The van der Waals surface area contributed by atoms with E-state index in [1.807, 2.05) is 0 Å². The third kappa shape index (κ3) is 3.55. The van der Waals surface area contributed by atoms with E-state index in [2.05, 4.69) is 34.4 Å². The van der Waals surface area contributed by atoms with Gasteiger partial charge in [-0.15, -0.1) is 0 Å². The van der Waals surface area contributed by atoms with E-state index < -0.39 is 0 Å². The maximum absolute atomic E-state index is 2.41. The highest BCUT2D eigenvalue weighted by Gasteiger charge is 2.02. The molecule has 2 radical (unpaired) electrons. The molecule has 1 rings (SSSR count). The fraction of sp³-hybridized carbons (Fsp3) is 1.00. The van der Waals surface area contributed by atoms with Crippen molar-refractivity contribution in [1.29, 1.82) is 0 Å². The molecule has 1 fully saturated rings. The lowest BCUT2D eigenvalue weighted by molar-refractivity contribution is 0.380. The summed E-state index contributed by atoms with van der Waals surface area (Å²) in [6.45, 7) is 2.55. The van der Waals surface area contributed by atoms with Crippen LogP contribution in [0, 0.1) is 0 Å². The van der Waals surface area contributed by atoms with Crippen molar-refractivity contribution >= 4 is 30.2 Å². The fourth-order valence-corrected chi connectivity index (χ4v) is 5.24. The monoisotopic (exact) mass is 177 g/mol. The van der Waals surface area contributed by atoms with Gasteiger partial charge in [-0.3, -0.25) is 0 Å². The molecule has 0 aliphatic carbocycles. The van der Waals surface area contributed by atoms with Crippen molar-refractivity contribution in [2.24, 2.45) is 0 Å². The Bertz CT molecular complexity index is 73.4. The number of nitrogens with zero attached hydrogens (tertiary/aromatic N) is 1. The summed E-state index contributed by atoms with van der Waals surface area (Å²) in [6, 6.07) is 0. The van der Waals surface area contributed by atoms with Crippen molar-refractivity contribution in [3.05, 3.63) is 0 Å². The quantitative estimate of drug-likeness (QED) is 0.507. The van der Waals surface area contributed by atoms with Gasteiger partial charge >= 0.3 is 0 Å². The fourth-order valence-electron chi connectivity index (χ4n) is 0.640. The van der Waals surface area contributed by atoms with Gasteiger partial charge in [0.25, 0.3) is 0 Å². The highest BCUT2D eigenvalue weighted by atomic mass is 32.6. The van der Waals surface area contributed by atoms with Gasteiger partial charge < -0.3 is 4.90 Å². The van der Waals surface area contributed by atoms with Gasteiger partial charge in [-0.1, -0.05) is 0 Å². The Balaban J connectivity index is 2.12. The van der Waals surface area contributed by atoms with Gasteiger partial charge in [0.1, 0.15) is 0 Å². The Morgan fingerprint density at radius 1 is 1.22 bits per heavy atom. The van der Waals surface area contributed by atoms with E-state index in [0.717, 1.165) is 7.82 Å². The topological polar surface area (TPSA) is 3.24 Å². The summed E-state index contributed by atoms with van der Waals surface area (Å²) in [5.41, 5.74) is 0. The van der Waals surface area contributed by atoms with Gasteiger partial charge in [0.2, 0.25) is 7.82 Å². The summed E-state index contributed by atoms with van der Waals surface area (Å²) >= 11 is 4.16. The number of hydrogen-bond acceptors (Lipinski definition) is 3. The van der Waals surface area contributed by atoms with Gasteiger partial charge in [-0.25, -0.2) is 0 Å². The minimum atomic E-state index is 1.09. The third-order valence-electron chi connectivity index (χ3n) is 1.27. The standard InChI is InChI=1S/C5H11NS2Si/c1-6-2-4-7-9-8-5-3-6/h2-5H2,1H3. The summed E-state index contributed by atoms with van der Waals surface area (Å²) < 4.78 is 0. The average Bonchev–Trinajstić information content (AvgIpc) is 1.79. The minimum Gasteiger partial charge on any atom is -0.305 e. The summed E-state index contributed by atoms with van der Waals surface area (Å²) in [5, 5.41) is 0. The van der Waals surface area contributed by atoms with Crippen LogP contribution in [0.3, 0.4) is 0 Å². The van der Waals surface area contributed by atoms with Crippen LogP contribution in [0.5, 0.6) is 0 Å². The molecule has 0 aromatic carbocycles. The highest BCUT2D eigenvalue weighted by Crippen LogP contribution is 2.11. The molecule has 0 amide bonds. The van der Waals surface area contributed by atoms with E-state index in [-0.39, 0.29) is 0 Å². The predicted octanol–water partition coefficient (Wildman–Crippen LogP) is 0.932. The third-order valence-corrected chi connectivity index (χ3v) is 6.33. The maximum Gasteiger partial charge on any atom is 0.201 e. The van der Waals surface area contributed by atoms with Gasteiger partial charge in [0.05, 0.1) is 0 Å². The summed E-state index contributed by atoms with van der Waals surface area (Å²) in [4.78, 5) is 2.41. The molecular weight excluding hydrogens is 166 g/mol. The molecule has 1 aliphatic heterocycles. The van der Waals surface area contributed by atoms with Crippen molar-refractivity contribution in [3.63, 3.8) is 0 Å². The molecular formula is C5H11NS2Si. The number of hydrogen-bond donors (Lipinski definition) is 0. The molecule has 0 aromatic rings. The Labute approximate surface area is 67.1 Å². The van der Waals surface area contributed by atoms with Gasteiger partial charge in [-0.05, 0) is 7.05 Å². The summed E-state index contributed by atoms with van der Waals surface area (Å²) in [7, 11) is 3.29.